The van der Waals surface area contributed by atoms with Crippen molar-refractivity contribution in [3.8, 4) is 27.9 Å². The smallest absolute Gasteiger partial charge is 0.0640 e. The molecule has 0 spiro atoms. The van der Waals surface area contributed by atoms with Crippen LogP contribution in [0, 0.1) is 6.92 Å². The SMILES string of the molecule is C=C/C=C\c1sc2c(N(c3ccc4c(c3)-c3c5ccccc5cc5cccc-4c35)c3ccc4c(c3)c3ccccc3n4-c3ccccc3)cccc2c1C. The van der Waals surface area contributed by atoms with Crippen LogP contribution in [0.3, 0.4) is 0 Å². The molecule has 1 aliphatic carbocycles. The van der Waals surface area contributed by atoms with Gasteiger partial charge in [0.05, 0.1) is 21.4 Å². The molecule has 0 saturated carbocycles. The summed E-state index contributed by atoms with van der Waals surface area (Å²) in [6.07, 6.45) is 6.07. The number of para-hydroxylation sites is 2. The molecule has 0 amide bonds. The van der Waals surface area contributed by atoms with E-state index in [1.807, 2.05) is 23.5 Å². The number of aromatic nitrogens is 1. The van der Waals surface area contributed by atoms with E-state index in [1.54, 1.807) is 0 Å². The third-order valence-corrected chi connectivity index (χ3v) is 12.5. The number of hydrogen-bond donors (Lipinski definition) is 0. The molecular formula is C51H34N2S. The fourth-order valence-electron chi connectivity index (χ4n) is 8.86. The van der Waals surface area contributed by atoms with Gasteiger partial charge in [0.15, 0.2) is 0 Å². The molecule has 2 aromatic heterocycles. The molecule has 10 aromatic rings. The Kier molecular flexibility index (Phi) is 6.82. The van der Waals surface area contributed by atoms with Crippen LogP contribution in [0.15, 0.2) is 176 Å². The number of allylic oxidation sites excluding steroid dienone is 2. The molecule has 0 unspecified atom stereocenters. The molecule has 1 aliphatic rings. The van der Waals surface area contributed by atoms with E-state index in [0.29, 0.717) is 0 Å². The summed E-state index contributed by atoms with van der Waals surface area (Å²) in [6.45, 7) is 6.17. The number of nitrogens with zero attached hydrogens (tertiary/aromatic N) is 2. The van der Waals surface area contributed by atoms with Gasteiger partial charge in [0.2, 0.25) is 0 Å². The Balaban J connectivity index is 1.20. The standard InChI is InChI=1S/C51H34N2S/c1-3-4-24-48-32(2)38-20-13-23-47(51(38)54-48)52(37-26-28-46-43(30-37)41-19-10-11-22-45(41)53(46)35-16-6-5-7-17-35)36-25-27-40-42-21-12-15-34-29-33-14-8-9-18-39(33)50(49(34)42)44(40)31-36/h3-31H,1H2,2H3/b24-4-. The molecule has 54 heavy (non-hydrogen) atoms. The summed E-state index contributed by atoms with van der Waals surface area (Å²) in [5, 5.41) is 8.94. The monoisotopic (exact) mass is 706 g/mol. The molecule has 0 atom stereocenters. The van der Waals surface area contributed by atoms with Crippen LogP contribution in [-0.2, 0) is 0 Å². The lowest BCUT2D eigenvalue weighted by Crippen LogP contribution is -2.10. The lowest BCUT2D eigenvalue weighted by Gasteiger charge is -2.27. The molecule has 2 heterocycles. The molecule has 0 aliphatic heterocycles. The molecule has 2 nitrogen and oxygen atoms in total. The van der Waals surface area contributed by atoms with Gasteiger partial charge in [0, 0.05) is 32.7 Å². The Morgan fingerprint density at radius 2 is 1.30 bits per heavy atom. The van der Waals surface area contributed by atoms with Crippen molar-refractivity contribution in [1.29, 1.82) is 0 Å². The minimum Gasteiger partial charge on any atom is -0.309 e. The predicted molar refractivity (Wildman–Crippen MR) is 234 cm³/mol. The number of thiophene rings is 1. The first-order valence-corrected chi connectivity index (χ1v) is 19.3. The predicted octanol–water partition coefficient (Wildman–Crippen LogP) is 14.9. The molecule has 0 N–H and O–H groups in total. The maximum absolute atomic E-state index is 3.94. The van der Waals surface area contributed by atoms with Crippen molar-refractivity contribution in [2.75, 3.05) is 4.90 Å². The number of hydrogen-bond acceptors (Lipinski definition) is 2. The van der Waals surface area contributed by atoms with E-state index in [1.165, 1.54) is 91.8 Å². The van der Waals surface area contributed by atoms with Crippen LogP contribution in [0.5, 0.6) is 0 Å². The topological polar surface area (TPSA) is 8.17 Å². The van der Waals surface area contributed by atoms with E-state index >= 15 is 0 Å². The van der Waals surface area contributed by atoms with E-state index in [0.717, 1.165) is 17.1 Å². The summed E-state index contributed by atoms with van der Waals surface area (Å²) in [5.74, 6) is 0. The quantitative estimate of drug-likeness (QED) is 0.123. The highest BCUT2D eigenvalue weighted by molar-refractivity contribution is 7.20. The second-order valence-corrected chi connectivity index (χ2v) is 15.2. The van der Waals surface area contributed by atoms with Crippen molar-refractivity contribution in [3.05, 3.63) is 187 Å². The molecule has 11 rings (SSSR count). The third-order valence-electron chi connectivity index (χ3n) is 11.2. The van der Waals surface area contributed by atoms with E-state index < -0.39 is 0 Å². The fraction of sp³-hybridized carbons (Fsp3) is 0.0196. The maximum atomic E-state index is 3.94. The summed E-state index contributed by atoms with van der Waals surface area (Å²) < 4.78 is 3.65. The van der Waals surface area contributed by atoms with Crippen LogP contribution >= 0.6 is 11.3 Å². The van der Waals surface area contributed by atoms with Gasteiger partial charge in [-0.2, -0.15) is 0 Å². The van der Waals surface area contributed by atoms with E-state index in [2.05, 4.69) is 187 Å². The Bertz CT molecular complexity index is 3200. The van der Waals surface area contributed by atoms with Crippen LogP contribution < -0.4 is 4.90 Å². The number of aryl methyl sites for hydroxylation is 1. The molecule has 254 valence electrons. The first kappa shape index (κ1) is 30.9. The number of benzene rings is 8. The minimum absolute atomic E-state index is 1.12. The maximum Gasteiger partial charge on any atom is 0.0640 e. The van der Waals surface area contributed by atoms with Crippen molar-refractivity contribution >= 4 is 87.9 Å². The Labute approximate surface area is 317 Å². The Morgan fingerprint density at radius 3 is 2.19 bits per heavy atom. The van der Waals surface area contributed by atoms with Gasteiger partial charge in [-0.3, -0.25) is 0 Å². The van der Waals surface area contributed by atoms with Crippen molar-refractivity contribution in [2.24, 2.45) is 0 Å². The van der Waals surface area contributed by atoms with E-state index in [4.69, 9.17) is 0 Å². The second-order valence-electron chi connectivity index (χ2n) is 14.2. The zero-order valence-corrected chi connectivity index (χ0v) is 30.6. The van der Waals surface area contributed by atoms with Crippen LogP contribution in [0.1, 0.15) is 10.4 Å². The highest BCUT2D eigenvalue weighted by atomic mass is 32.1. The average Bonchev–Trinajstić information content (AvgIpc) is 3.85. The van der Waals surface area contributed by atoms with Crippen LogP contribution in [-0.4, -0.2) is 4.57 Å². The van der Waals surface area contributed by atoms with Crippen LogP contribution in [0.2, 0.25) is 0 Å². The molecule has 8 aromatic carbocycles. The van der Waals surface area contributed by atoms with Gasteiger partial charge < -0.3 is 9.47 Å². The van der Waals surface area contributed by atoms with Gasteiger partial charge in [0.1, 0.15) is 0 Å². The molecule has 0 radical (unpaired) electrons. The van der Waals surface area contributed by atoms with Gasteiger partial charge in [-0.15, -0.1) is 11.3 Å². The van der Waals surface area contributed by atoms with Gasteiger partial charge in [0.25, 0.3) is 0 Å². The first-order valence-electron chi connectivity index (χ1n) is 18.5. The lowest BCUT2D eigenvalue weighted by atomic mass is 9.95. The minimum atomic E-state index is 1.12. The zero-order chi connectivity index (χ0) is 35.9. The summed E-state index contributed by atoms with van der Waals surface area (Å²) in [6, 6.07) is 58.3. The van der Waals surface area contributed by atoms with Gasteiger partial charge >= 0.3 is 0 Å². The Morgan fingerprint density at radius 1 is 0.574 bits per heavy atom. The largest absolute Gasteiger partial charge is 0.309 e. The van der Waals surface area contributed by atoms with Crippen LogP contribution in [0.25, 0.3) is 87.5 Å². The highest BCUT2D eigenvalue weighted by Crippen LogP contribution is 2.53. The number of fused-ring (bicyclic) bond motifs is 9. The van der Waals surface area contributed by atoms with Crippen molar-refractivity contribution in [1.82, 2.24) is 4.57 Å². The number of anilines is 3. The molecule has 0 fully saturated rings. The summed E-state index contributed by atoms with van der Waals surface area (Å²) in [4.78, 5) is 3.74. The average molecular weight is 707 g/mol. The molecular weight excluding hydrogens is 673 g/mol. The lowest BCUT2D eigenvalue weighted by molar-refractivity contribution is 1.18. The summed E-state index contributed by atoms with van der Waals surface area (Å²) in [5.41, 5.74) is 13.5. The molecule has 0 bridgehead atoms. The van der Waals surface area contributed by atoms with Crippen LogP contribution in [0.4, 0.5) is 17.1 Å². The molecule has 0 saturated heterocycles. The highest BCUT2D eigenvalue weighted by Gasteiger charge is 2.27. The second kappa shape index (κ2) is 11.9. The van der Waals surface area contributed by atoms with Crippen molar-refractivity contribution in [2.45, 2.75) is 6.92 Å². The Hall–Kier alpha value is -6.68. The van der Waals surface area contributed by atoms with Crippen molar-refractivity contribution < 1.29 is 0 Å². The third kappa shape index (κ3) is 4.46. The van der Waals surface area contributed by atoms with Gasteiger partial charge in [-0.25, -0.2) is 0 Å². The number of rotatable bonds is 6. The first-order chi connectivity index (χ1) is 26.7. The fourth-order valence-corrected chi connectivity index (χ4v) is 10.1. The normalized spacial score (nSPS) is 12.2. The van der Waals surface area contributed by atoms with E-state index in [-0.39, 0.29) is 0 Å². The summed E-state index contributed by atoms with van der Waals surface area (Å²) in [7, 11) is 0. The zero-order valence-electron chi connectivity index (χ0n) is 29.8. The van der Waals surface area contributed by atoms with Gasteiger partial charge in [-0.05, 0) is 128 Å². The van der Waals surface area contributed by atoms with E-state index in [9.17, 15) is 0 Å². The van der Waals surface area contributed by atoms with Gasteiger partial charge in [-0.1, -0.05) is 116 Å². The summed E-state index contributed by atoms with van der Waals surface area (Å²) >= 11 is 1.85. The van der Waals surface area contributed by atoms with Crippen molar-refractivity contribution in [3.63, 3.8) is 0 Å². The molecule has 3 heteroatoms.